The zero-order chi connectivity index (χ0) is 17.0. The van der Waals surface area contributed by atoms with Crippen molar-refractivity contribution in [1.82, 2.24) is 10.2 Å². The highest BCUT2D eigenvalue weighted by atomic mass is 32.1. The Hall–Kier alpha value is -2.34. The van der Waals surface area contributed by atoms with Gasteiger partial charge in [0.15, 0.2) is 5.11 Å². The summed E-state index contributed by atoms with van der Waals surface area (Å²) in [4.78, 5) is 14.0. The van der Waals surface area contributed by atoms with Crippen molar-refractivity contribution in [1.29, 1.82) is 0 Å². The summed E-state index contributed by atoms with van der Waals surface area (Å²) in [6, 6.07) is 7.15. The highest BCUT2D eigenvalue weighted by molar-refractivity contribution is 7.80. The van der Waals surface area contributed by atoms with Gasteiger partial charge < -0.3 is 19.7 Å². The third-order valence-electron chi connectivity index (χ3n) is 3.72. The summed E-state index contributed by atoms with van der Waals surface area (Å²) in [5, 5.41) is 3.74. The van der Waals surface area contributed by atoms with Crippen molar-refractivity contribution in [2.24, 2.45) is 0 Å². The lowest BCUT2D eigenvalue weighted by Gasteiger charge is -2.35. The number of esters is 1. The number of nitrogens with one attached hydrogen (secondary N) is 1. The smallest absolute Gasteiger partial charge is 0.337 e. The van der Waals surface area contributed by atoms with Gasteiger partial charge >= 0.3 is 5.97 Å². The molecule has 0 radical (unpaired) electrons. The number of ether oxygens (including phenoxy) is 2. The van der Waals surface area contributed by atoms with Gasteiger partial charge in [-0.25, -0.2) is 4.79 Å². The van der Waals surface area contributed by atoms with E-state index in [0.29, 0.717) is 23.0 Å². The Morgan fingerprint density at radius 2 is 2.26 bits per heavy atom. The first-order chi connectivity index (χ1) is 11.0. The molecule has 1 aromatic carbocycles. The highest BCUT2D eigenvalue weighted by Crippen LogP contribution is 2.32. The molecule has 0 fully saturated rings. The first-order valence-electron chi connectivity index (χ1n) is 7.16. The molecule has 2 rings (SSSR count). The van der Waals surface area contributed by atoms with Crippen molar-refractivity contribution in [3.63, 3.8) is 0 Å². The van der Waals surface area contributed by atoms with Crippen LogP contribution in [0.25, 0.3) is 0 Å². The van der Waals surface area contributed by atoms with Gasteiger partial charge in [0.05, 0.1) is 18.7 Å². The number of allylic oxidation sites excluding steroid dienone is 1. The largest absolute Gasteiger partial charge is 0.490 e. The van der Waals surface area contributed by atoms with Gasteiger partial charge in [-0.15, -0.1) is 0 Å². The zero-order valence-electron chi connectivity index (χ0n) is 13.5. The Balaban J connectivity index is 2.45. The number of hydrogen-bond donors (Lipinski definition) is 1. The van der Waals surface area contributed by atoms with Crippen LogP contribution in [-0.2, 0) is 9.53 Å². The third-order valence-corrected chi connectivity index (χ3v) is 4.11. The number of thiocarbonyl (C=S) groups is 1. The molecule has 0 amide bonds. The van der Waals surface area contributed by atoms with Crippen molar-refractivity contribution >= 4 is 23.3 Å². The lowest BCUT2D eigenvalue weighted by atomic mass is 9.95. The molecule has 6 heteroatoms. The van der Waals surface area contributed by atoms with E-state index >= 15 is 0 Å². The van der Waals surface area contributed by atoms with E-state index in [9.17, 15) is 4.79 Å². The fraction of sp³-hybridized carbons (Fsp3) is 0.294. The number of nitrogens with zero attached hydrogens (tertiary/aromatic N) is 1. The molecule has 5 nitrogen and oxygen atoms in total. The van der Waals surface area contributed by atoms with Gasteiger partial charge in [0.25, 0.3) is 0 Å². The molecule has 23 heavy (non-hydrogen) atoms. The second-order valence-corrected chi connectivity index (χ2v) is 5.49. The van der Waals surface area contributed by atoms with Crippen LogP contribution < -0.4 is 10.1 Å². The van der Waals surface area contributed by atoms with E-state index in [1.165, 1.54) is 7.11 Å². The predicted molar refractivity (Wildman–Crippen MR) is 93.1 cm³/mol. The van der Waals surface area contributed by atoms with Crippen molar-refractivity contribution in [3.8, 4) is 5.75 Å². The van der Waals surface area contributed by atoms with E-state index in [-0.39, 0.29) is 12.0 Å². The molecular formula is C17H20N2O3S. The Morgan fingerprint density at radius 3 is 2.91 bits per heavy atom. The first-order valence-corrected chi connectivity index (χ1v) is 7.57. The molecule has 0 aromatic heterocycles. The number of rotatable bonds is 5. The Bertz CT molecular complexity index is 670. The van der Waals surface area contributed by atoms with Crippen LogP contribution in [0.2, 0.25) is 0 Å². The molecule has 1 aromatic rings. The van der Waals surface area contributed by atoms with Crippen LogP contribution in [0.4, 0.5) is 0 Å². The van der Waals surface area contributed by atoms with Gasteiger partial charge in [0.1, 0.15) is 12.4 Å². The zero-order valence-corrected chi connectivity index (χ0v) is 14.3. The van der Waals surface area contributed by atoms with Gasteiger partial charge in [-0.3, -0.25) is 0 Å². The van der Waals surface area contributed by atoms with Crippen LogP contribution >= 0.6 is 12.2 Å². The topological polar surface area (TPSA) is 50.8 Å². The first kappa shape index (κ1) is 17.0. The van der Waals surface area contributed by atoms with Gasteiger partial charge in [-0.1, -0.05) is 24.8 Å². The van der Waals surface area contributed by atoms with Crippen molar-refractivity contribution in [3.05, 3.63) is 53.8 Å². The van der Waals surface area contributed by atoms with Crippen molar-refractivity contribution in [2.75, 3.05) is 20.8 Å². The average molecular weight is 332 g/mol. The van der Waals surface area contributed by atoms with E-state index in [4.69, 9.17) is 21.7 Å². The summed E-state index contributed by atoms with van der Waals surface area (Å²) >= 11 is 5.35. The van der Waals surface area contributed by atoms with E-state index in [1.807, 2.05) is 38.2 Å². The SMILES string of the molecule is C=CCOc1cccc([C@@H]2NC(=S)N(C)C(C)=C2C(=O)OC)c1. The summed E-state index contributed by atoms with van der Waals surface area (Å²) in [7, 11) is 3.18. The fourth-order valence-electron chi connectivity index (χ4n) is 2.40. The third kappa shape index (κ3) is 3.53. The number of hydrogen-bond acceptors (Lipinski definition) is 4. The summed E-state index contributed by atoms with van der Waals surface area (Å²) in [5.41, 5.74) is 2.18. The maximum atomic E-state index is 12.2. The van der Waals surface area contributed by atoms with Crippen LogP contribution in [0.15, 0.2) is 48.2 Å². The minimum absolute atomic E-state index is 0.376. The highest BCUT2D eigenvalue weighted by Gasteiger charge is 2.33. The molecule has 0 unspecified atom stereocenters. The Kier molecular flexibility index (Phi) is 5.39. The molecule has 1 N–H and O–H groups in total. The second kappa shape index (κ2) is 7.28. The molecular weight excluding hydrogens is 312 g/mol. The van der Waals surface area contributed by atoms with E-state index in [1.54, 1.807) is 11.0 Å². The Morgan fingerprint density at radius 1 is 1.52 bits per heavy atom. The minimum Gasteiger partial charge on any atom is -0.490 e. The van der Waals surface area contributed by atoms with Gasteiger partial charge in [-0.2, -0.15) is 0 Å². The van der Waals surface area contributed by atoms with Crippen LogP contribution in [0.1, 0.15) is 18.5 Å². The minimum atomic E-state index is -0.383. The second-order valence-electron chi connectivity index (χ2n) is 5.10. The van der Waals surface area contributed by atoms with E-state index in [0.717, 1.165) is 11.3 Å². The van der Waals surface area contributed by atoms with E-state index in [2.05, 4.69) is 11.9 Å². The molecule has 1 aliphatic rings. The van der Waals surface area contributed by atoms with E-state index < -0.39 is 0 Å². The molecule has 0 aliphatic carbocycles. The summed E-state index contributed by atoms with van der Waals surface area (Å²) in [6.07, 6.45) is 1.68. The molecule has 1 heterocycles. The number of carbonyl (C=O) groups is 1. The number of benzene rings is 1. The number of carbonyl (C=O) groups excluding carboxylic acids is 1. The van der Waals surface area contributed by atoms with Crippen LogP contribution in [0, 0.1) is 0 Å². The number of methoxy groups -OCH3 is 1. The monoisotopic (exact) mass is 332 g/mol. The van der Waals surface area contributed by atoms with Crippen LogP contribution in [0.3, 0.4) is 0 Å². The van der Waals surface area contributed by atoms with Gasteiger partial charge in [0, 0.05) is 12.7 Å². The predicted octanol–water partition coefficient (Wildman–Crippen LogP) is 2.56. The maximum absolute atomic E-state index is 12.2. The summed E-state index contributed by atoms with van der Waals surface area (Å²) in [5.74, 6) is 0.322. The lowest BCUT2D eigenvalue weighted by molar-refractivity contribution is -0.136. The molecule has 0 spiro atoms. The standard InChI is InChI=1S/C17H20N2O3S/c1-5-9-22-13-8-6-7-12(10-13)15-14(16(20)21-4)11(2)19(3)17(23)18-15/h5-8,10,15H,1,9H2,2-4H3,(H,18,23)/t15-/m0/s1. The summed E-state index contributed by atoms with van der Waals surface area (Å²) in [6.45, 7) is 5.90. The molecule has 0 saturated carbocycles. The van der Waals surface area contributed by atoms with Crippen LogP contribution in [-0.4, -0.2) is 36.7 Å². The Labute approximate surface area is 141 Å². The van der Waals surface area contributed by atoms with Gasteiger partial charge in [-0.05, 0) is 36.8 Å². The van der Waals surface area contributed by atoms with Crippen molar-refractivity contribution in [2.45, 2.75) is 13.0 Å². The maximum Gasteiger partial charge on any atom is 0.337 e. The molecule has 0 bridgehead atoms. The van der Waals surface area contributed by atoms with Crippen LogP contribution in [0.5, 0.6) is 5.75 Å². The molecule has 1 aliphatic heterocycles. The molecule has 1 atom stereocenters. The fourth-order valence-corrected chi connectivity index (χ4v) is 2.65. The van der Waals surface area contributed by atoms with Gasteiger partial charge in [0.2, 0.25) is 0 Å². The summed E-state index contributed by atoms with van der Waals surface area (Å²) < 4.78 is 10.5. The normalized spacial score (nSPS) is 17.6. The lowest BCUT2D eigenvalue weighted by Crippen LogP contribution is -2.46. The molecule has 0 saturated heterocycles. The van der Waals surface area contributed by atoms with Crippen molar-refractivity contribution < 1.29 is 14.3 Å². The quantitative estimate of drug-likeness (QED) is 0.508. The average Bonchev–Trinajstić information content (AvgIpc) is 2.57. The molecule has 122 valence electrons.